The Bertz CT molecular complexity index is 677. The molecule has 0 heterocycles. The van der Waals surface area contributed by atoms with Crippen molar-refractivity contribution in [2.75, 3.05) is 0 Å². The summed E-state index contributed by atoms with van der Waals surface area (Å²) in [5.41, 5.74) is 1.45. The second-order valence-corrected chi connectivity index (χ2v) is 9.03. The van der Waals surface area contributed by atoms with Crippen LogP contribution in [-0.2, 0) is 30.9 Å². The maximum Gasteiger partial charge on any atom is 0.307 e. The van der Waals surface area contributed by atoms with Crippen LogP contribution in [0.1, 0.15) is 59.1 Å². The van der Waals surface area contributed by atoms with E-state index in [4.69, 9.17) is 4.74 Å². The number of benzene rings is 1. The summed E-state index contributed by atoms with van der Waals surface area (Å²) < 4.78 is 5.33. The first-order valence-electron chi connectivity index (χ1n) is 9.61. The summed E-state index contributed by atoms with van der Waals surface area (Å²) in [6, 6.07) is 7.15. The summed E-state index contributed by atoms with van der Waals surface area (Å²) >= 11 is 3.39. The number of nitrogens with one attached hydrogen (secondary N) is 1. The van der Waals surface area contributed by atoms with E-state index in [-0.39, 0.29) is 30.4 Å². The second kappa shape index (κ2) is 10.7. The molecule has 6 heteroatoms. The Balaban J connectivity index is 2.67. The van der Waals surface area contributed by atoms with E-state index in [0.717, 1.165) is 16.5 Å². The highest BCUT2D eigenvalue weighted by atomic mass is 79.9. The Labute approximate surface area is 176 Å². The van der Waals surface area contributed by atoms with Gasteiger partial charge in [0, 0.05) is 11.8 Å². The molecule has 1 N–H and O–H groups in total. The number of hydrogen-bond acceptors (Lipinski definition) is 4. The molecule has 1 aromatic carbocycles. The van der Waals surface area contributed by atoms with Gasteiger partial charge >= 0.3 is 5.97 Å². The van der Waals surface area contributed by atoms with Crippen LogP contribution in [0.2, 0.25) is 0 Å². The minimum Gasteiger partial charge on any atom is -0.460 e. The van der Waals surface area contributed by atoms with Gasteiger partial charge in [0.2, 0.25) is 5.91 Å². The van der Waals surface area contributed by atoms with Crippen LogP contribution in [0.25, 0.3) is 0 Å². The first-order chi connectivity index (χ1) is 12.9. The predicted molar refractivity (Wildman–Crippen MR) is 114 cm³/mol. The molecule has 0 saturated carbocycles. The zero-order chi connectivity index (χ0) is 21.5. The lowest BCUT2D eigenvalue weighted by molar-refractivity contribution is -0.158. The number of carbonyl (C=O) groups is 3. The molecule has 2 atom stereocenters. The number of rotatable bonds is 9. The number of amides is 1. The number of esters is 1. The third kappa shape index (κ3) is 8.55. The van der Waals surface area contributed by atoms with E-state index in [9.17, 15) is 14.4 Å². The predicted octanol–water partition coefficient (Wildman–Crippen LogP) is 4.20. The maximum atomic E-state index is 12.7. The Morgan fingerprint density at radius 1 is 1.04 bits per heavy atom. The van der Waals surface area contributed by atoms with Gasteiger partial charge in [-0.1, -0.05) is 54.0 Å². The molecule has 0 saturated heterocycles. The van der Waals surface area contributed by atoms with E-state index in [1.807, 2.05) is 38.1 Å². The van der Waals surface area contributed by atoms with Gasteiger partial charge in [0.25, 0.3) is 0 Å². The molecule has 0 unspecified atom stereocenters. The topological polar surface area (TPSA) is 72.5 Å². The lowest BCUT2D eigenvalue weighted by Crippen LogP contribution is -2.44. The van der Waals surface area contributed by atoms with Crippen LogP contribution in [0.15, 0.2) is 24.3 Å². The van der Waals surface area contributed by atoms with Crippen molar-refractivity contribution in [2.24, 2.45) is 11.8 Å². The molecule has 5 nitrogen and oxygen atoms in total. The fourth-order valence-electron chi connectivity index (χ4n) is 2.70. The monoisotopic (exact) mass is 453 g/mol. The van der Waals surface area contributed by atoms with Crippen molar-refractivity contribution in [1.82, 2.24) is 5.32 Å². The van der Waals surface area contributed by atoms with Gasteiger partial charge in [0.05, 0.1) is 18.4 Å². The minimum absolute atomic E-state index is 0.00428. The molecule has 1 rings (SSSR count). The van der Waals surface area contributed by atoms with Crippen LogP contribution in [0, 0.1) is 11.8 Å². The van der Waals surface area contributed by atoms with Crippen molar-refractivity contribution >= 4 is 33.6 Å². The standard InChI is InChI=1S/C22H32BrNO4/c1-14(2)18(12-20(26)28-22(4,5)6)21(27)24-15(3)19(25)11-16-7-9-17(13-23)10-8-16/h7-10,14-15,18H,11-13H2,1-6H3,(H,24,27)/t15-,18-/m0/s1. The van der Waals surface area contributed by atoms with E-state index in [1.54, 1.807) is 27.7 Å². The van der Waals surface area contributed by atoms with Gasteiger partial charge in [-0.2, -0.15) is 0 Å². The number of carbonyl (C=O) groups excluding carboxylic acids is 3. The van der Waals surface area contributed by atoms with Crippen molar-refractivity contribution < 1.29 is 19.1 Å². The van der Waals surface area contributed by atoms with Crippen LogP contribution in [0.4, 0.5) is 0 Å². The van der Waals surface area contributed by atoms with E-state index in [2.05, 4.69) is 21.2 Å². The molecule has 1 amide bonds. The highest BCUT2D eigenvalue weighted by Crippen LogP contribution is 2.19. The Hall–Kier alpha value is -1.69. The van der Waals surface area contributed by atoms with Gasteiger partial charge in [-0.25, -0.2) is 0 Å². The highest BCUT2D eigenvalue weighted by Gasteiger charge is 2.29. The van der Waals surface area contributed by atoms with Gasteiger partial charge in [-0.05, 0) is 44.7 Å². The van der Waals surface area contributed by atoms with Crippen molar-refractivity contribution in [3.63, 3.8) is 0 Å². The van der Waals surface area contributed by atoms with Crippen molar-refractivity contribution in [2.45, 2.75) is 71.4 Å². The third-order valence-electron chi connectivity index (χ3n) is 4.35. The maximum absolute atomic E-state index is 12.7. The molecular weight excluding hydrogens is 422 g/mol. The van der Waals surface area contributed by atoms with Crippen molar-refractivity contribution in [3.05, 3.63) is 35.4 Å². The van der Waals surface area contributed by atoms with Crippen LogP contribution >= 0.6 is 15.9 Å². The van der Waals surface area contributed by atoms with Crippen LogP contribution < -0.4 is 5.32 Å². The molecule has 0 aliphatic carbocycles. The second-order valence-electron chi connectivity index (χ2n) is 8.46. The van der Waals surface area contributed by atoms with Gasteiger partial charge in [0.15, 0.2) is 5.78 Å². The van der Waals surface area contributed by atoms with Crippen LogP contribution in [-0.4, -0.2) is 29.3 Å². The first-order valence-corrected chi connectivity index (χ1v) is 10.7. The number of halogens is 1. The number of alkyl halides is 1. The SMILES string of the molecule is CC(C)[C@H](CC(=O)OC(C)(C)C)C(=O)N[C@@H](C)C(=O)Cc1ccc(CBr)cc1. The average Bonchev–Trinajstić information content (AvgIpc) is 2.58. The fourth-order valence-corrected chi connectivity index (χ4v) is 3.07. The smallest absolute Gasteiger partial charge is 0.307 e. The Morgan fingerprint density at radius 2 is 1.57 bits per heavy atom. The number of Topliss-reactive ketones (excluding diaryl/α,β-unsaturated/α-hetero) is 1. The Morgan fingerprint density at radius 3 is 2.04 bits per heavy atom. The molecule has 0 aliphatic heterocycles. The highest BCUT2D eigenvalue weighted by molar-refractivity contribution is 9.08. The van der Waals surface area contributed by atoms with Gasteiger partial charge < -0.3 is 10.1 Å². The van der Waals surface area contributed by atoms with Crippen molar-refractivity contribution in [1.29, 1.82) is 0 Å². The first kappa shape index (κ1) is 24.3. The zero-order valence-electron chi connectivity index (χ0n) is 17.7. The lowest BCUT2D eigenvalue weighted by Gasteiger charge is -2.25. The van der Waals surface area contributed by atoms with Gasteiger partial charge in [-0.15, -0.1) is 0 Å². The minimum atomic E-state index is -0.622. The molecule has 0 aromatic heterocycles. The van der Waals surface area contributed by atoms with E-state index >= 15 is 0 Å². The van der Waals surface area contributed by atoms with E-state index in [1.165, 1.54) is 0 Å². The summed E-state index contributed by atoms with van der Waals surface area (Å²) in [5, 5.41) is 3.53. The molecule has 156 valence electrons. The number of hydrogen-bond donors (Lipinski definition) is 1. The summed E-state index contributed by atoms with van der Waals surface area (Å²) in [6.07, 6.45) is 0.248. The molecule has 28 heavy (non-hydrogen) atoms. The molecule has 0 radical (unpaired) electrons. The fraction of sp³-hybridized carbons (Fsp3) is 0.591. The summed E-state index contributed by atoms with van der Waals surface area (Å²) in [4.78, 5) is 37.3. The van der Waals surface area contributed by atoms with E-state index in [0.29, 0.717) is 0 Å². The van der Waals surface area contributed by atoms with Crippen molar-refractivity contribution in [3.8, 4) is 0 Å². The zero-order valence-corrected chi connectivity index (χ0v) is 19.3. The molecule has 0 aliphatic rings. The lowest BCUT2D eigenvalue weighted by atomic mass is 9.91. The largest absolute Gasteiger partial charge is 0.460 e. The number of ether oxygens (including phenoxy) is 1. The number of ketones is 1. The van der Waals surface area contributed by atoms with Crippen LogP contribution in [0.3, 0.4) is 0 Å². The summed E-state index contributed by atoms with van der Waals surface area (Å²) in [7, 11) is 0. The van der Waals surface area contributed by atoms with E-state index < -0.39 is 23.5 Å². The molecule has 0 bridgehead atoms. The van der Waals surface area contributed by atoms with Crippen LogP contribution in [0.5, 0.6) is 0 Å². The summed E-state index contributed by atoms with van der Waals surface area (Å²) in [6.45, 7) is 10.8. The third-order valence-corrected chi connectivity index (χ3v) is 4.99. The van der Waals surface area contributed by atoms with Gasteiger partial charge in [0.1, 0.15) is 5.60 Å². The molecule has 0 spiro atoms. The molecule has 0 fully saturated rings. The average molecular weight is 454 g/mol. The summed E-state index contributed by atoms with van der Waals surface area (Å²) in [5.74, 6) is -1.36. The Kier molecular flexibility index (Phi) is 9.34. The molecular formula is C22H32BrNO4. The normalized spacial score (nSPS) is 13.7. The van der Waals surface area contributed by atoms with Gasteiger partial charge in [-0.3, -0.25) is 14.4 Å². The quantitative estimate of drug-likeness (QED) is 0.449. The molecule has 1 aromatic rings.